The highest BCUT2D eigenvalue weighted by Crippen LogP contribution is 2.03. The molecule has 0 spiro atoms. The van der Waals surface area contributed by atoms with Crippen LogP contribution in [0, 0.1) is 5.92 Å². The fourth-order valence-corrected chi connectivity index (χ4v) is 0.908. The van der Waals surface area contributed by atoms with E-state index in [0.717, 1.165) is 12.8 Å². The van der Waals surface area contributed by atoms with Crippen LogP contribution >= 0.6 is 0 Å². The zero-order valence-corrected chi connectivity index (χ0v) is 8.17. The zero-order valence-electron chi connectivity index (χ0n) is 8.17. The maximum atomic E-state index is 11.1. The Morgan fingerprint density at radius 1 is 1.31 bits per heavy atom. The number of hydrogen-bond acceptors (Lipinski definition) is 2. The minimum Gasteiger partial charge on any atom is -0.465 e. The van der Waals surface area contributed by atoms with Crippen molar-refractivity contribution >= 4 is 11.9 Å². The second kappa shape index (κ2) is 6.46. The van der Waals surface area contributed by atoms with Gasteiger partial charge in [0.25, 0.3) is 0 Å². The van der Waals surface area contributed by atoms with E-state index in [1.807, 2.05) is 13.8 Å². The van der Waals surface area contributed by atoms with E-state index in [2.05, 4.69) is 5.32 Å². The standard InChI is InChI=1S/C9H17NO3/c1-7(2)8(11)5-3-4-6-10-9(12)13/h7,10H,3-6H2,1-2H3,(H,12,13). The van der Waals surface area contributed by atoms with Crippen LogP contribution in [0.15, 0.2) is 0 Å². The summed E-state index contributed by atoms with van der Waals surface area (Å²) in [5.41, 5.74) is 0. The Bertz CT molecular complexity index is 178. The summed E-state index contributed by atoms with van der Waals surface area (Å²) in [4.78, 5) is 21.1. The monoisotopic (exact) mass is 187 g/mol. The summed E-state index contributed by atoms with van der Waals surface area (Å²) >= 11 is 0. The van der Waals surface area contributed by atoms with Crippen LogP contribution in [0.4, 0.5) is 4.79 Å². The Morgan fingerprint density at radius 3 is 2.38 bits per heavy atom. The van der Waals surface area contributed by atoms with Crippen LogP contribution in [0.2, 0.25) is 0 Å². The highest BCUT2D eigenvalue weighted by atomic mass is 16.4. The molecular formula is C9H17NO3. The molecule has 0 unspecified atom stereocenters. The number of amides is 1. The van der Waals surface area contributed by atoms with Crippen molar-refractivity contribution in [2.45, 2.75) is 33.1 Å². The van der Waals surface area contributed by atoms with Gasteiger partial charge in [-0.1, -0.05) is 13.8 Å². The normalized spacial score (nSPS) is 10.1. The summed E-state index contributed by atoms with van der Waals surface area (Å²) in [5.74, 6) is 0.336. The molecule has 4 heteroatoms. The van der Waals surface area contributed by atoms with Gasteiger partial charge < -0.3 is 10.4 Å². The molecule has 0 aromatic rings. The molecule has 0 radical (unpaired) electrons. The van der Waals surface area contributed by atoms with E-state index in [0.29, 0.717) is 13.0 Å². The van der Waals surface area contributed by atoms with Gasteiger partial charge in [-0.05, 0) is 12.8 Å². The van der Waals surface area contributed by atoms with Crippen molar-refractivity contribution < 1.29 is 14.7 Å². The number of nitrogens with one attached hydrogen (secondary N) is 1. The minimum absolute atomic E-state index is 0.0902. The first-order valence-corrected chi connectivity index (χ1v) is 4.53. The van der Waals surface area contributed by atoms with E-state index in [1.54, 1.807) is 0 Å². The second-order valence-electron chi connectivity index (χ2n) is 3.31. The first-order chi connectivity index (χ1) is 6.04. The Balaban J connectivity index is 3.26. The average Bonchev–Trinajstić information content (AvgIpc) is 2.02. The van der Waals surface area contributed by atoms with Crippen molar-refractivity contribution in [1.82, 2.24) is 5.32 Å². The average molecular weight is 187 g/mol. The second-order valence-corrected chi connectivity index (χ2v) is 3.31. The van der Waals surface area contributed by atoms with Crippen molar-refractivity contribution in [3.8, 4) is 0 Å². The molecule has 0 aliphatic rings. The number of carbonyl (C=O) groups excluding carboxylic acids is 1. The molecule has 0 heterocycles. The van der Waals surface area contributed by atoms with E-state index in [1.165, 1.54) is 0 Å². The van der Waals surface area contributed by atoms with Crippen molar-refractivity contribution in [2.75, 3.05) is 6.54 Å². The van der Waals surface area contributed by atoms with E-state index < -0.39 is 6.09 Å². The van der Waals surface area contributed by atoms with Gasteiger partial charge in [-0.15, -0.1) is 0 Å². The molecule has 13 heavy (non-hydrogen) atoms. The van der Waals surface area contributed by atoms with Crippen LogP contribution in [0.3, 0.4) is 0 Å². The van der Waals surface area contributed by atoms with Gasteiger partial charge in [0.05, 0.1) is 0 Å². The van der Waals surface area contributed by atoms with Gasteiger partial charge in [-0.3, -0.25) is 4.79 Å². The molecule has 0 saturated heterocycles. The van der Waals surface area contributed by atoms with Crippen molar-refractivity contribution in [3.05, 3.63) is 0 Å². The number of Topliss-reactive ketones (excluding diaryl/α,β-unsaturated/α-hetero) is 1. The van der Waals surface area contributed by atoms with Crippen LogP contribution in [0.1, 0.15) is 33.1 Å². The number of ketones is 1. The number of carbonyl (C=O) groups is 2. The van der Waals surface area contributed by atoms with Gasteiger partial charge in [-0.25, -0.2) is 4.79 Å². The number of hydrogen-bond donors (Lipinski definition) is 2. The molecule has 0 aromatic carbocycles. The molecule has 1 amide bonds. The fourth-order valence-electron chi connectivity index (χ4n) is 0.908. The van der Waals surface area contributed by atoms with Crippen LogP contribution in [0.5, 0.6) is 0 Å². The lowest BCUT2D eigenvalue weighted by Crippen LogP contribution is -2.22. The third kappa shape index (κ3) is 7.31. The number of carboxylic acid groups (broad SMARTS) is 1. The van der Waals surface area contributed by atoms with Crippen LogP contribution in [0.25, 0.3) is 0 Å². The molecular weight excluding hydrogens is 170 g/mol. The fraction of sp³-hybridized carbons (Fsp3) is 0.778. The molecule has 0 saturated carbocycles. The van der Waals surface area contributed by atoms with Gasteiger partial charge in [0, 0.05) is 18.9 Å². The molecule has 0 aromatic heterocycles. The third-order valence-corrected chi connectivity index (χ3v) is 1.77. The van der Waals surface area contributed by atoms with E-state index in [9.17, 15) is 9.59 Å². The predicted molar refractivity (Wildman–Crippen MR) is 49.7 cm³/mol. The minimum atomic E-state index is -1.00. The molecule has 0 fully saturated rings. The number of rotatable bonds is 6. The summed E-state index contributed by atoms with van der Waals surface area (Å²) in [5, 5.41) is 10.5. The summed E-state index contributed by atoms with van der Waals surface area (Å²) in [6.45, 7) is 4.18. The molecule has 4 nitrogen and oxygen atoms in total. The van der Waals surface area contributed by atoms with E-state index in [4.69, 9.17) is 5.11 Å². The van der Waals surface area contributed by atoms with Crippen molar-refractivity contribution in [3.63, 3.8) is 0 Å². The Morgan fingerprint density at radius 2 is 1.92 bits per heavy atom. The lowest BCUT2D eigenvalue weighted by molar-refractivity contribution is -0.122. The lowest BCUT2D eigenvalue weighted by atomic mass is 10.0. The van der Waals surface area contributed by atoms with E-state index >= 15 is 0 Å². The predicted octanol–water partition coefficient (Wildman–Crippen LogP) is 1.65. The highest BCUT2D eigenvalue weighted by molar-refractivity contribution is 5.80. The molecule has 76 valence electrons. The Labute approximate surface area is 78.3 Å². The van der Waals surface area contributed by atoms with Crippen LogP contribution in [-0.4, -0.2) is 23.5 Å². The van der Waals surface area contributed by atoms with Crippen LogP contribution in [-0.2, 0) is 4.79 Å². The van der Waals surface area contributed by atoms with Crippen molar-refractivity contribution in [1.29, 1.82) is 0 Å². The van der Waals surface area contributed by atoms with Crippen molar-refractivity contribution in [2.24, 2.45) is 5.92 Å². The Kier molecular flexibility index (Phi) is 5.93. The summed E-state index contributed by atoms with van der Waals surface area (Å²) in [7, 11) is 0. The maximum Gasteiger partial charge on any atom is 0.404 e. The number of unbranched alkanes of at least 4 members (excludes halogenated alkanes) is 1. The Hall–Kier alpha value is -1.06. The highest BCUT2D eigenvalue weighted by Gasteiger charge is 2.05. The third-order valence-electron chi connectivity index (χ3n) is 1.77. The quantitative estimate of drug-likeness (QED) is 0.621. The summed E-state index contributed by atoms with van der Waals surface area (Å²) < 4.78 is 0. The molecule has 0 atom stereocenters. The summed E-state index contributed by atoms with van der Waals surface area (Å²) in [6, 6.07) is 0. The molecule has 0 aliphatic carbocycles. The molecule has 0 rings (SSSR count). The maximum absolute atomic E-state index is 11.1. The first-order valence-electron chi connectivity index (χ1n) is 4.53. The van der Waals surface area contributed by atoms with Gasteiger partial charge in [-0.2, -0.15) is 0 Å². The van der Waals surface area contributed by atoms with Crippen LogP contribution < -0.4 is 5.32 Å². The smallest absolute Gasteiger partial charge is 0.404 e. The molecule has 0 bridgehead atoms. The largest absolute Gasteiger partial charge is 0.465 e. The lowest BCUT2D eigenvalue weighted by Gasteiger charge is -2.03. The zero-order chi connectivity index (χ0) is 10.3. The topological polar surface area (TPSA) is 66.4 Å². The molecule has 0 aliphatic heterocycles. The van der Waals surface area contributed by atoms with Gasteiger partial charge >= 0.3 is 6.09 Å². The van der Waals surface area contributed by atoms with E-state index in [-0.39, 0.29) is 11.7 Å². The SMILES string of the molecule is CC(C)C(=O)CCCCNC(=O)O. The molecule has 2 N–H and O–H groups in total. The first kappa shape index (κ1) is 11.9. The summed E-state index contributed by atoms with van der Waals surface area (Å²) in [6.07, 6.45) is 1.04. The van der Waals surface area contributed by atoms with Gasteiger partial charge in [0.1, 0.15) is 5.78 Å². The van der Waals surface area contributed by atoms with Gasteiger partial charge in [0.15, 0.2) is 0 Å². The van der Waals surface area contributed by atoms with Gasteiger partial charge in [0.2, 0.25) is 0 Å².